The molecule has 1 aromatic rings. The summed E-state index contributed by atoms with van der Waals surface area (Å²) in [6.07, 6.45) is 2.43. The highest BCUT2D eigenvalue weighted by Gasteiger charge is 2.34. The molecule has 0 bridgehead atoms. The van der Waals surface area contributed by atoms with Crippen molar-refractivity contribution in [1.29, 1.82) is 0 Å². The van der Waals surface area contributed by atoms with E-state index < -0.39 is 5.97 Å². The van der Waals surface area contributed by atoms with Crippen LogP contribution in [0.4, 0.5) is 10.5 Å². The zero-order valence-corrected chi connectivity index (χ0v) is 13.7. The highest BCUT2D eigenvalue weighted by atomic mass is 16.4. The number of rotatable bonds is 6. The molecule has 124 valence electrons. The van der Waals surface area contributed by atoms with Gasteiger partial charge in [-0.25, -0.2) is 4.79 Å². The molecule has 1 N–H and O–H groups in total. The summed E-state index contributed by atoms with van der Waals surface area (Å²) in [6.45, 7) is 5.51. The fourth-order valence-electron chi connectivity index (χ4n) is 3.42. The first-order chi connectivity index (χ1) is 11.0. The number of carboxylic acids is 1. The molecule has 1 atom stereocenters. The van der Waals surface area contributed by atoms with Gasteiger partial charge in [-0.2, -0.15) is 0 Å². The molecule has 2 aliphatic rings. The lowest BCUT2D eigenvalue weighted by Crippen LogP contribution is -2.36. The maximum atomic E-state index is 12.4. The molecule has 5 nitrogen and oxygen atoms in total. The molecule has 0 radical (unpaired) electrons. The molecule has 0 spiro atoms. The molecule has 1 aliphatic heterocycles. The minimum atomic E-state index is -0.742. The first kappa shape index (κ1) is 15.8. The lowest BCUT2D eigenvalue weighted by molar-refractivity contribution is -0.137. The van der Waals surface area contributed by atoms with Gasteiger partial charge < -0.3 is 10.0 Å². The van der Waals surface area contributed by atoms with Crippen molar-refractivity contribution in [2.24, 2.45) is 5.92 Å². The smallest absolute Gasteiger partial charge is 0.324 e. The van der Waals surface area contributed by atoms with Gasteiger partial charge in [-0.15, -0.1) is 0 Å². The summed E-state index contributed by atoms with van der Waals surface area (Å²) in [4.78, 5) is 27.1. The van der Waals surface area contributed by atoms with Crippen molar-refractivity contribution in [3.05, 3.63) is 29.8 Å². The van der Waals surface area contributed by atoms with Crippen LogP contribution in [0.1, 0.15) is 44.6 Å². The Balaban J connectivity index is 1.74. The number of carbonyl (C=O) groups excluding carboxylic acids is 1. The van der Waals surface area contributed by atoms with Crippen LogP contribution in [0.3, 0.4) is 0 Å². The van der Waals surface area contributed by atoms with E-state index in [1.165, 1.54) is 0 Å². The van der Waals surface area contributed by atoms with Gasteiger partial charge in [-0.3, -0.25) is 9.69 Å². The van der Waals surface area contributed by atoms with Crippen LogP contribution in [0.5, 0.6) is 0 Å². The van der Waals surface area contributed by atoms with Gasteiger partial charge in [-0.05, 0) is 56.2 Å². The average molecular weight is 316 g/mol. The Morgan fingerprint density at radius 1 is 1.22 bits per heavy atom. The number of nitrogens with zero attached hydrogens (tertiary/aromatic N) is 2. The van der Waals surface area contributed by atoms with Crippen LogP contribution < -0.4 is 4.90 Å². The molecule has 1 unspecified atom stereocenters. The highest BCUT2D eigenvalue weighted by molar-refractivity contribution is 5.94. The Kier molecular flexibility index (Phi) is 4.28. The maximum Gasteiger partial charge on any atom is 0.324 e. The molecule has 1 aromatic carbocycles. The summed E-state index contributed by atoms with van der Waals surface area (Å²) < 4.78 is 0. The van der Waals surface area contributed by atoms with Gasteiger partial charge in [0.25, 0.3) is 0 Å². The minimum absolute atomic E-state index is 0.0528. The predicted molar refractivity (Wildman–Crippen MR) is 88.7 cm³/mol. The van der Waals surface area contributed by atoms with Gasteiger partial charge >= 0.3 is 12.0 Å². The largest absolute Gasteiger partial charge is 0.481 e. The Hall–Kier alpha value is -2.04. The Labute approximate surface area is 136 Å². The second kappa shape index (κ2) is 6.22. The predicted octanol–water partition coefficient (Wildman–Crippen LogP) is 3.31. The first-order valence-corrected chi connectivity index (χ1v) is 8.37. The van der Waals surface area contributed by atoms with E-state index in [0.29, 0.717) is 12.5 Å². The zero-order chi connectivity index (χ0) is 16.6. The van der Waals surface area contributed by atoms with Crippen molar-refractivity contribution in [3.63, 3.8) is 0 Å². The van der Waals surface area contributed by atoms with Gasteiger partial charge in [-0.1, -0.05) is 12.1 Å². The minimum Gasteiger partial charge on any atom is -0.481 e. The van der Waals surface area contributed by atoms with Crippen molar-refractivity contribution < 1.29 is 14.7 Å². The number of anilines is 1. The Morgan fingerprint density at radius 3 is 2.35 bits per heavy atom. The molecule has 1 saturated carbocycles. The molecule has 0 aromatic heterocycles. The van der Waals surface area contributed by atoms with Crippen molar-refractivity contribution in [2.75, 3.05) is 18.0 Å². The summed E-state index contributed by atoms with van der Waals surface area (Å²) >= 11 is 0. The molecule has 5 heteroatoms. The fourth-order valence-corrected chi connectivity index (χ4v) is 3.42. The van der Waals surface area contributed by atoms with Gasteiger partial charge in [0.1, 0.15) is 0 Å². The Morgan fingerprint density at radius 2 is 1.87 bits per heavy atom. The number of amides is 2. The summed E-state index contributed by atoms with van der Waals surface area (Å²) in [7, 11) is 0. The molecule has 1 aliphatic carbocycles. The fraction of sp³-hybridized carbons (Fsp3) is 0.556. The molecular formula is C18H24N2O3. The summed E-state index contributed by atoms with van der Waals surface area (Å²) in [5.74, 6) is -0.141. The highest BCUT2D eigenvalue weighted by Crippen LogP contribution is 2.44. The monoisotopic (exact) mass is 316 g/mol. The van der Waals surface area contributed by atoms with Crippen LogP contribution in [-0.4, -0.2) is 41.1 Å². The van der Waals surface area contributed by atoms with Crippen molar-refractivity contribution in [2.45, 2.75) is 45.1 Å². The van der Waals surface area contributed by atoms with Gasteiger partial charge in [0.2, 0.25) is 0 Å². The normalized spacial score (nSPS) is 19.5. The number of hydrogen-bond donors (Lipinski definition) is 1. The van der Waals surface area contributed by atoms with Crippen LogP contribution in [0, 0.1) is 5.92 Å². The van der Waals surface area contributed by atoms with Crippen LogP contribution in [-0.2, 0) is 4.79 Å². The van der Waals surface area contributed by atoms with E-state index >= 15 is 0 Å². The van der Waals surface area contributed by atoms with Crippen LogP contribution >= 0.6 is 0 Å². The van der Waals surface area contributed by atoms with Crippen molar-refractivity contribution >= 4 is 17.7 Å². The van der Waals surface area contributed by atoms with E-state index in [4.69, 9.17) is 5.11 Å². The number of hydrogen-bond acceptors (Lipinski definition) is 2. The van der Waals surface area contributed by atoms with Crippen molar-refractivity contribution in [3.8, 4) is 0 Å². The van der Waals surface area contributed by atoms with E-state index in [2.05, 4.69) is 0 Å². The molecule has 1 heterocycles. The number of aliphatic carboxylic acids is 1. The summed E-state index contributed by atoms with van der Waals surface area (Å²) in [5.41, 5.74) is 1.97. The number of carboxylic acid groups (broad SMARTS) is 1. The van der Waals surface area contributed by atoms with E-state index in [1.54, 1.807) is 4.90 Å². The number of urea groups is 1. The second-order valence-electron chi connectivity index (χ2n) is 6.85. The van der Waals surface area contributed by atoms with E-state index in [1.807, 2.05) is 43.0 Å². The van der Waals surface area contributed by atoms with Gasteiger partial charge in [0.05, 0.1) is 6.42 Å². The van der Waals surface area contributed by atoms with Crippen LogP contribution in [0.15, 0.2) is 24.3 Å². The van der Waals surface area contributed by atoms with Crippen LogP contribution in [0.2, 0.25) is 0 Å². The number of benzene rings is 1. The third-order valence-electron chi connectivity index (χ3n) is 4.88. The number of carbonyl (C=O) groups is 2. The molecule has 1 saturated heterocycles. The lowest BCUT2D eigenvalue weighted by atomic mass is 9.91. The molecular weight excluding hydrogens is 292 g/mol. The third kappa shape index (κ3) is 3.33. The summed E-state index contributed by atoms with van der Waals surface area (Å²) in [6, 6.07) is 8.15. The SMILES string of the molecule is CC(C)N1CCN(c2ccc(C(CC(=O)O)C3CC3)cc2)C1=O. The van der Waals surface area contributed by atoms with Gasteiger partial charge in [0.15, 0.2) is 0 Å². The Bertz CT molecular complexity index is 593. The molecule has 23 heavy (non-hydrogen) atoms. The molecule has 2 fully saturated rings. The standard InChI is InChI=1S/C18H24N2O3/c1-12(2)19-9-10-20(18(19)23)15-7-5-14(6-8-15)16(11-17(21)22)13-3-4-13/h5-8,12-13,16H,3-4,9-11H2,1-2H3,(H,21,22). The topological polar surface area (TPSA) is 60.9 Å². The van der Waals surface area contributed by atoms with Crippen LogP contribution in [0.25, 0.3) is 0 Å². The first-order valence-electron chi connectivity index (χ1n) is 8.37. The average Bonchev–Trinajstić information content (AvgIpc) is 3.27. The quantitative estimate of drug-likeness (QED) is 0.876. The molecule has 3 rings (SSSR count). The maximum absolute atomic E-state index is 12.4. The van der Waals surface area contributed by atoms with Gasteiger partial charge in [0, 0.05) is 24.8 Å². The van der Waals surface area contributed by atoms with E-state index in [-0.39, 0.29) is 24.4 Å². The third-order valence-corrected chi connectivity index (χ3v) is 4.88. The van der Waals surface area contributed by atoms with Crippen molar-refractivity contribution in [1.82, 2.24) is 4.90 Å². The van der Waals surface area contributed by atoms with E-state index in [9.17, 15) is 9.59 Å². The zero-order valence-electron chi connectivity index (χ0n) is 13.7. The summed E-state index contributed by atoms with van der Waals surface area (Å²) in [5, 5.41) is 9.11. The second-order valence-corrected chi connectivity index (χ2v) is 6.85. The lowest BCUT2D eigenvalue weighted by Gasteiger charge is -2.22. The van der Waals surface area contributed by atoms with E-state index in [0.717, 1.165) is 30.6 Å². The molecule has 2 amide bonds.